The molecule has 4 aromatic heterocycles. The molecule has 10 heteroatoms. The zero-order valence-corrected chi connectivity index (χ0v) is 22.0. The van der Waals surface area contributed by atoms with Crippen molar-refractivity contribution in [3.8, 4) is 22.5 Å². The number of H-pyrrole nitrogens is 1. The Balaban J connectivity index is 1.39. The Bertz CT molecular complexity index is 1940. The third-order valence-electron chi connectivity index (χ3n) is 6.33. The fourth-order valence-corrected chi connectivity index (χ4v) is 4.63. The maximum absolute atomic E-state index is 12.9. The third-order valence-corrected chi connectivity index (χ3v) is 6.62. The number of urea groups is 1. The van der Waals surface area contributed by atoms with Crippen LogP contribution in [0.15, 0.2) is 90.0 Å². The molecule has 6 aromatic rings. The van der Waals surface area contributed by atoms with Crippen molar-refractivity contribution in [3.63, 3.8) is 0 Å². The van der Waals surface area contributed by atoms with Crippen LogP contribution in [-0.4, -0.2) is 31.0 Å². The van der Waals surface area contributed by atoms with Gasteiger partial charge in [0, 0.05) is 34.5 Å². The van der Waals surface area contributed by atoms with Crippen molar-refractivity contribution in [3.05, 3.63) is 112 Å². The highest BCUT2D eigenvalue weighted by molar-refractivity contribution is 6.35. The largest absolute Gasteiger partial charge is 0.334 e. The fourth-order valence-electron chi connectivity index (χ4n) is 4.35. The van der Waals surface area contributed by atoms with Crippen LogP contribution < -0.4 is 16.2 Å². The van der Waals surface area contributed by atoms with Gasteiger partial charge >= 0.3 is 6.03 Å². The normalized spacial score (nSPS) is 11.1. The van der Waals surface area contributed by atoms with Gasteiger partial charge in [0.25, 0.3) is 5.56 Å². The van der Waals surface area contributed by atoms with Crippen LogP contribution in [0.4, 0.5) is 10.6 Å². The van der Waals surface area contributed by atoms with E-state index in [-0.39, 0.29) is 12.1 Å². The van der Waals surface area contributed by atoms with E-state index in [0.717, 1.165) is 22.1 Å². The maximum Gasteiger partial charge on any atom is 0.320 e. The summed E-state index contributed by atoms with van der Waals surface area (Å²) < 4.78 is 0. The molecule has 0 aliphatic rings. The minimum atomic E-state index is -0.485. The SMILES string of the molecule is Cc1ccc(NC(=O)NCc2cc3nc(-c4cc(Cl)c5ncccc5c4)c(-c4ccccc4)nc3[nH]c2=O)nc1. The molecule has 196 valence electrons. The Morgan fingerprint density at radius 2 is 1.75 bits per heavy atom. The molecule has 2 amide bonds. The summed E-state index contributed by atoms with van der Waals surface area (Å²) in [4.78, 5) is 46.4. The first-order valence-electron chi connectivity index (χ1n) is 12.5. The fraction of sp³-hybridized carbons (Fsp3) is 0.0667. The van der Waals surface area contributed by atoms with Crippen LogP contribution in [0.5, 0.6) is 0 Å². The minimum Gasteiger partial charge on any atom is -0.334 e. The van der Waals surface area contributed by atoms with Crippen molar-refractivity contribution < 1.29 is 4.79 Å². The molecule has 0 bridgehead atoms. The Morgan fingerprint density at radius 1 is 0.925 bits per heavy atom. The lowest BCUT2D eigenvalue weighted by atomic mass is 10.0. The van der Waals surface area contributed by atoms with Crippen LogP contribution in [0.2, 0.25) is 5.02 Å². The van der Waals surface area contributed by atoms with Gasteiger partial charge in [-0.15, -0.1) is 0 Å². The van der Waals surface area contributed by atoms with Crippen molar-refractivity contribution in [1.29, 1.82) is 0 Å². The second-order valence-corrected chi connectivity index (χ2v) is 9.61. The molecule has 0 radical (unpaired) electrons. The molecule has 9 nitrogen and oxygen atoms in total. The van der Waals surface area contributed by atoms with E-state index >= 15 is 0 Å². The molecule has 40 heavy (non-hydrogen) atoms. The smallest absolute Gasteiger partial charge is 0.320 e. The highest BCUT2D eigenvalue weighted by atomic mass is 35.5. The number of aromatic nitrogens is 5. The molecule has 6 rings (SSSR count). The Morgan fingerprint density at radius 3 is 2.55 bits per heavy atom. The van der Waals surface area contributed by atoms with Crippen molar-refractivity contribution in [2.24, 2.45) is 0 Å². The third kappa shape index (κ3) is 5.10. The molecular formula is C30H22ClN7O2. The molecule has 0 atom stereocenters. The number of amides is 2. The van der Waals surface area contributed by atoms with Gasteiger partial charge in [0.1, 0.15) is 11.3 Å². The summed E-state index contributed by atoms with van der Waals surface area (Å²) in [5.74, 6) is 0.406. The van der Waals surface area contributed by atoms with E-state index in [0.29, 0.717) is 44.5 Å². The van der Waals surface area contributed by atoms with Gasteiger partial charge in [0.2, 0.25) is 0 Å². The molecule has 3 N–H and O–H groups in total. The van der Waals surface area contributed by atoms with Crippen molar-refractivity contribution >= 4 is 45.5 Å². The number of halogens is 1. The molecule has 4 heterocycles. The van der Waals surface area contributed by atoms with Gasteiger partial charge in [-0.1, -0.05) is 54.1 Å². The number of pyridine rings is 3. The van der Waals surface area contributed by atoms with Gasteiger partial charge in [-0.2, -0.15) is 0 Å². The van der Waals surface area contributed by atoms with E-state index in [1.54, 1.807) is 24.5 Å². The average molecular weight is 548 g/mol. The number of anilines is 1. The van der Waals surface area contributed by atoms with Gasteiger partial charge in [0.05, 0.1) is 28.5 Å². The minimum absolute atomic E-state index is 0.0200. The predicted molar refractivity (Wildman–Crippen MR) is 156 cm³/mol. The first-order chi connectivity index (χ1) is 19.4. The summed E-state index contributed by atoms with van der Waals surface area (Å²) >= 11 is 6.60. The Hall–Kier alpha value is -5.15. The number of hydrogen-bond donors (Lipinski definition) is 3. The monoisotopic (exact) mass is 547 g/mol. The molecule has 0 fully saturated rings. The van der Waals surface area contributed by atoms with Crippen molar-refractivity contribution in [2.75, 3.05) is 5.32 Å². The molecule has 2 aromatic carbocycles. The van der Waals surface area contributed by atoms with Gasteiger partial charge in [-0.3, -0.25) is 15.1 Å². The van der Waals surface area contributed by atoms with Gasteiger partial charge in [-0.25, -0.2) is 19.7 Å². The number of aryl methyl sites for hydroxylation is 1. The molecule has 0 aliphatic heterocycles. The molecule has 0 saturated heterocycles. The topological polar surface area (TPSA) is 126 Å². The Labute approximate surface area is 233 Å². The molecule has 0 unspecified atom stereocenters. The van der Waals surface area contributed by atoms with E-state index in [2.05, 4.69) is 25.6 Å². The lowest BCUT2D eigenvalue weighted by Crippen LogP contribution is -2.31. The number of hydrogen-bond acceptors (Lipinski definition) is 6. The highest BCUT2D eigenvalue weighted by Gasteiger charge is 2.17. The summed E-state index contributed by atoms with van der Waals surface area (Å²) in [6.07, 6.45) is 3.35. The number of nitrogens with one attached hydrogen (secondary N) is 3. The standard InChI is InChI=1S/C30H22ClN7O2/c1-17-9-10-24(33-15-17)36-30(40)34-16-21-14-23-28(38-29(21)39)37-26(18-6-3-2-4-7-18)27(35-23)20-12-19-8-5-11-32-25(19)22(31)13-20/h2-15H,16H2,1H3,(H,37,38,39)(H2,33,34,36,40). The van der Waals surface area contributed by atoms with E-state index in [4.69, 9.17) is 21.6 Å². The van der Waals surface area contributed by atoms with E-state index < -0.39 is 6.03 Å². The summed E-state index contributed by atoms with van der Waals surface area (Å²) in [7, 11) is 0. The number of carbonyl (C=O) groups is 1. The van der Waals surface area contributed by atoms with Crippen molar-refractivity contribution in [1.82, 2.24) is 30.2 Å². The number of rotatable bonds is 5. The van der Waals surface area contributed by atoms with E-state index in [9.17, 15) is 9.59 Å². The Kier molecular flexibility index (Phi) is 6.63. The van der Waals surface area contributed by atoms with E-state index in [1.165, 1.54) is 0 Å². The van der Waals surface area contributed by atoms with E-state index in [1.807, 2.05) is 67.6 Å². The zero-order chi connectivity index (χ0) is 27.6. The summed E-state index contributed by atoms with van der Waals surface area (Å²) in [6.45, 7) is 1.89. The van der Waals surface area contributed by atoms with Crippen LogP contribution in [0, 0.1) is 6.92 Å². The average Bonchev–Trinajstić information content (AvgIpc) is 2.97. The van der Waals surface area contributed by atoms with Crippen LogP contribution in [0.25, 0.3) is 44.6 Å². The van der Waals surface area contributed by atoms with Crippen molar-refractivity contribution in [2.45, 2.75) is 13.5 Å². The second-order valence-electron chi connectivity index (χ2n) is 9.21. The highest BCUT2D eigenvalue weighted by Crippen LogP contribution is 2.34. The molecule has 0 spiro atoms. The number of benzene rings is 2. The van der Waals surface area contributed by atoms with Gasteiger partial charge in [0.15, 0.2) is 5.65 Å². The van der Waals surface area contributed by atoms with Gasteiger partial charge < -0.3 is 10.3 Å². The van der Waals surface area contributed by atoms with Crippen LogP contribution >= 0.6 is 11.6 Å². The summed E-state index contributed by atoms with van der Waals surface area (Å²) in [5.41, 5.74) is 5.21. The number of nitrogens with zero attached hydrogens (tertiary/aromatic N) is 4. The number of aromatic amines is 1. The lowest BCUT2D eigenvalue weighted by Gasteiger charge is -2.13. The van der Waals surface area contributed by atoms with Gasteiger partial charge in [-0.05, 0) is 42.8 Å². The van der Waals surface area contributed by atoms with Crippen LogP contribution in [0.3, 0.4) is 0 Å². The summed E-state index contributed by atoms with van der Waals surface area (Å²) in [6, 6.07) is 21.9. The first kappa shape index (κ1) is 25.1. The quantitative estimate of drug-likeness (QED) is 0.247. The van der Waals surface area contributed by atoms with Crippen LogP contribution in [0.1, 0.15) is 11.1 Å². The molecular weight excluding hydrogens is 526 g/mol. The summed E-state index contributed by atoms with van der Waals surface area (Å²) in [5, 5.41) is 6.71. The molecule has 0 saturated carbocycles. The number of fused-ring (bicyclic) bond motifs is 2. The zero-order valence-electron chi connectivity index (χ0n) is 21.3. The maximum atomic E-state index is 12.9. The molecule has 0 aliphatic carbocycles. The lowest BCUT2D eigenvalue weighted by molar-refractivity contribution is 0.251. The first-order valence-corrected chi connectivity index (χ1v) is 12.8. The number of carbonyl (C=O) groups excluding carboxylic acids is 1. The van der Waals surface area contributed by atoms with Crippen LogP contribution in [-0.2, 0) is 6.54 Å². The second kappa shape index (κ2) is 10.5. The predicted octanol–water partition coefficient (Wildman–Crippen LogP) is 5.88.